The Morgan fingerprint density at radius 1 is 1.40 bits per heavy atom. The summed E-state index contributed by atoms with van der Waals surface area (Å²) in [5.41, 5.74) is 0. The molecule has 2 unspecified atom stereocenters. The van der Waals surface area contributed by atoms with Crippen LogP contribution in [0.5, 0.6) is 0 Å². The first-order valence-electron chi connectivity index (χ1n) is 5.87. The van der Waals surface area contributed by atoms with E-state index >= 15 is 0 Å². The fraction of sp³-hybridized carbons (Fsp3) is 0.818. The minimum atomic E-state index is 0.559. The molecule has 2 aliphatic heterocycles. The number of nitrogens with zero attached hydrogens (tertiary/aromatic N) is 3. The van der Waals surface area contributed by atoms with Crippen molar-refractivity contribution < 1.29 is 0 Å². The van der Waals surface area contributed by atoms with Crippen LogP contribution < -0.4 is 0 Å². The van der Waals surface area contributed by atoms with Crippen LogP contribution in [-0.4, -0.2) is 26.3 Å². The maximum absolute atomic E-state index is 4.72. The average Bonchev–Trinajstić information content (AvgIpc) is 2.86. The topological polar surface area (TPSA) is 30.7 Å². The van der Waals surface area contributed by atoms with Crippen LogP contribution in [-0.2, 0) is 6.42 Å². The fourth-order valence-electron chi connectivity index (χ4n) is 2.49. The Kier molecular flexibility index (Phi) is 2.47. The van der Waals surface area contributed by atoms with Gasteiger partial charge in [-0.2, -0.15) is 16.9 Å². The molecule has 4 heteroatoms. The Labute approximate surface area is 94.7 Å². The largest absolute Gasteiger partial charge is 0.247 e. The molecule has 0 N–H and O–H groups in total. The van der Waals surface area contributed by atoms with E-state index in [1.165, 1.54) is 36.6 Å². The lowest BCUT2D eigenvalue weighted by atomic mass is 10.1. The number of aryl methyl sites for hydroxylation is 1. The van der Waals surface area contributed by atoms with Crippen LogP contribution in [0.1, 0.15) is 49.8 Å². The smallest absolute Gasteiger partial charge is 0.154 e. The van der Waals surface area contributed by atoms with Crippen molar-refractivity contribution in [2.75, 3.05) is 11.5 Å². The molecule has 0 bridgehead atoms. The third-order valence-electron chi connectivity index (χ3n) is 3.45. The van der Waals surface area contributed by atoms with E-state index in [-0.39, 0.29) is 0 Å². The summed E-state index contributed by atoms with van der Waals surface area (Å²) in [5.74, 6) is 5.46. The standard InChI is InChI=1S/C11H17N3S/c1-8-3-2-4-10-12-11(13-14(8)10)9-5-6-15-7-9/h8-9H,2-7H2,1H3. The van der Waals surface area contributed by atoms with Crippen molar-refractivity contribution >= 4 is 11.8 Å². The van der Waals surface area contributed by atoms with Gasteiger partial charge in [0.05, 0.1) is 6.04 Å². The number of hydrogen-bond donors (Lipinski definition) is 0. The van der Waals surface area contributed by atoms with Crippen molar-refractivity contribution in [3.63, 3.8) is 0 Å². The van der Waals surface area contributed by atoms with Gasteiger partial charge in [0.25, 0.3) is 0 Å². The van der Waals surface area contributed by atoms with Gasteiger partial charge in [0.1, 0.15) is 5.82 Å². The molecule has 1 aromatic heterocycles. The lowest BCUT2D eigenvalue weighted by Crippen LogP contribution is -2.16. The highest BCUT2D eigenvalue weighted by molar-refractivity contribution is 7.99. The predicted molar refractivity (Wildman–Crippen MR) is 62.4 cm³/mol. The Bertz CT molecular complexity index is 355. The molecule has 0 spiro atoms. The lowest BCUT2D eigenvalue weighted by molar-refractivity contribution is 0.386. The van der Waals surface area contributed by atoms with E-state index in [4.69, 9.17) is 10.1 Å². The molecule has 3 heterocycles. The summed E-state index contributed by atoms with van der Waals surface area (Å²) in [4.78, 5) is 4.72. The molecule has 3 rings (SSSR count). The van der Waals surface area contributed by atoms with Crippen molar-refractivity contribution in [3.05, 3.63) is 11.6 Å². The van der Waals surface area contributed by atoms with Crippen LogP contribution in [0, 0.1) is 0 Å². The van der Waals surface area contributed by atoms with Gasteiger partial charge in [-0.05, 0) is 31.9 Å². The molecule has 0 aromatic carbocycles. The van der Waals surface area contributed by atoms with Gasteiger partial charge in [0.15, 0.2) is 5.82 Å². The summed E-state index contributed by atoms with van der Waals surface area (Å²) >= 11 is 2.03. The van der Waals surface area contributed by atoms with Gasteiger partial charge in [-0.15, -0.1) is 0 Å². The van der Waals surface area contributed by atoms with Gasteiger partial charge in [-0.25, -0.2) is 9.67 Å². The molecule has 2 aliphatic rings. The SMILES string of the molecule is CC1CCCc2nc(C3CCSC3)nn21. The van der Waals surface area contributed by atoms with Gasteiger partial charge < -0.3 is 0 Å². The summed E-state index contributed by atoms with van der Waals surface area (Å²) < 4.78 is 2.17. The lowest BCUT2D eigenvalue weighted by Gasteiger charge is -2.18. The number of hydrogen-bond acceptors (Lipinski definition) is 3. The zero-order valence-electron chi connectivity index (χ0n) is 9.15. The Morgan fingerprint density at radius 2 is 2.33 bits per heavy atom. The second kappa shape index (κ2) is 3.81. The minimum absolute atomic E-state index is 0.559. The van der Waals surface area contributed by atoms with Gasteiger partial charge >= 0.3 is 0 Å². The molecule has 0 amide bonds. The van der Waals surface area contributed by atoms with Crippen LogP contribution in [0.3, 0.4) is 0 Å². The van der Waals surface area contributed by atoms with E-state index in [0.717, 1.165) is 12.2 Å². The molecular weight excluding hydrogens is 206 g/mol. The average molecular weight is 223 g/mol. The first-order valence-corrected chi connectivity index (χ1v) is 7.03. The third kappa shape index (κ3) is 1.69. The summed E-state index contributed by atoms with van der Waals surface area (Å²) in [7, 11) is 0. The quantitative estimate of drug-likeness (QED) is 0.732. The first kappa shape index (κ1) is 9.70. The number of thioether (sulfide) groups is 1. The van der Waals surface area contributed by atoms with Gasteiger partial charge in [-0.1, -0.05) is 0 Å². The Balaban J connectivity index is 1.90. The molecule has 82 valence electrons. The molecule has 1 saturated heterocycles. The molecule has 1 aromatic rings. The van der Waals surface area contributed by atoms with Crippen LogP contribution in [0.25, 0.3) is 0 Å². The predicted octanol–water partition coefficient (Wildman–Crippen LogP) is 2.40. The van der Waals surface area contributed by atoms with E-state index in [1.807, 2.05) is 11.8 Å². The van der Waals surface area contributed by atoms with E-state index in [1.54, 1.807) is 0 Å². The van der Waals surface area contributed by atoms with E-state index in [2.05, 4.69) is 11.6 Å². The van der Waals surface area contributed by atoms with Crippen LogP contribution in [0.2, 0.25) is 0 Å². The summed E-state index contributed by atoms with van der Waals surface area (Å²) in [6.45, 7) is 2.25. The van der Waals surface area contributed by atoms with Crippen LogP contribution >= 0.6 is 11.8 Å². The Hall–Kier alpha value is -0.510. The summed E-state index contributed by atoms with van der Waals surface area (Å²) in [5, 5.41) is 4.71. The molecule has 1 fully saturated rings. The molecule has 2 atom stereocenters. The van der Waals surface area contributed by atoms with E-state index in [9.17, 15) is 0 Å². The van der Waals surface area contributed by atoms with E-state index in [0.29, 0.717) is 12.0 Å². The molecule has 0 aliphatic carbocycles. The molecule has 3 nitrogen and oxygen atoms in total. The number of rotatable bonds is 1. The zero-order valence-corrected chi connectivity index (χ0v) is 9.96. The van der Waals surface area contributed by atoms with Crippen LogP contribution in [0.4, 0.5) is 0 Å². The first-order chi connectivity index (χ1) is 7.34. The Morgan fingerprint density at radius 3 is 3.07 bits per heavy atom. The van der Waals surface area contributed by atoms with Crippen molar-refractivity contribution in [1.82, 2.24) is 14.8 Å². The summed E-state index contributed by atoms with van der Waals surface area (Å²) in [6.07, 6.45) is 4.92. The molecular formula is C11H17N3S. The second-order valence-electron chi connectivity index (χ2n) is 4.63. The highest BCUT2D eigenvalue weighted by Gasteiger charge is 2.25. The molecule has 15 heavy (non-hydrogen) atoms. The highest BCUT2D eigenvalue weighted by Crippen LogP contribution is 2.32. The van der Waals surface area contributed by atoms with Crippen molar-refractivity contribution in [3.8, 4) is 0 Å². The maximum atomic E-state index is 4.72. The van der Waals surface area contributed by atoms with Crippen molar-refractivity contribution in [1.29, 1.82) is 0 Å². The van der Waals surface area contributed by atoms with Gasteiger partial charge in [0, 0.05) is 18.1 Å². The number of aromatic nitrogens is 3. The molecule has 0 saturated carbocycles. The maximum Gasteiger partial charge on any atom is 0.154 e. The van der Waals surface area contributed by atoms with Crippen LogP contribution in [0.15, 0.2) is 0 Å². The second-order valence-corrected chi connectivity index (χ2v) is 5.78. The van der Waals surface area contributed by atoms with Gasteiger partial charge in [0.2, 0.25) is 0 Å². The van der Waals surface area contributed by atoms with E-state index < -0.39 is 0 Å². The monoisotopic (exact) mass is 223 g/mol. The summed E-state index contributed by atoms with van der Waals surface area (Å²) in [6, 6.07) is 0.559. The normalized spacial score (nSPS) is 30.5. The van der Waals surface area contributed by atoms with Crippen molar-refractivity contribution in [2.24, 2.45) is 0 Å². The fourth-order valence-corrected chi connectivity index (χ4v) is 3.70. The molecule has 0 radical (unpaired) electrons. The third-order valence-corrected chi connectivity index (χ3v) is 4.62. The number of fused-ring (bicyclic) bond motifs is 1. The minimum Gasteiger partial charge on any atom is -0.247 e. The highest BCUT2D eigenvalue weighted by atomic mass is 32.2. The zero-order chi connectivity index (χ0) is 10.3. The van der Waals surface area contributed by atoms with Crippen molar-refractivity contribution in [2.45, 2.75) is 44.6 Å². The van der Waals surface area contributed by atoms with Gasteiger partial charge in [-0.3, -0.25) is 0 Å².